The standard InChI is InChI=1S/C20H28ClN3O.2ClH/c1-13-5-6-14(9-17(13)21)20(25)23-12-19-16-8-15(10-22-11-16)18-4-2-3-7-24(18)19;;/h5-6,9,15-16,18-19,22H,2-4,7-8,10-12H2,1H3,(H,23,25);2*1H/t15-,16+,18+,19+;;/m1../s1. The molecule has 0 aliphatic carbocycles. The van der Waals surface area contributed by atoms with Gasteiger partial charge in [-0.25, -0.2) is 0 Å². The van der Waals surface area contributed by atoms with E-state index in [1.807, 2.05) is 19.1 Å². The fraction of sp³-hybridized carbons (Fsp3) is 0.650. The van der Waals surface area contributed by atoms with Crippen molar-refractivity contribution in [2.75, 3.05) is 26.2 Å². The Morgan fingerprint density at radius 3 is 2.81 bits per heavy atom. The van der Waals surface area contributed by atoms with Gasteiger partial charge in [-0.2, -0.15) is 0 Å². The molecule has 27 heavy (non-hydrogen) atoms. The van der Waals surface area contributed by atoms with Crippen LogP contribution in [0.25, 0.3) is 0 Å². The molecule has 0 radical (unpaired) electrons. The minimum atomic E-state index is -0.0126. The van der Waals surface area contributed by atoms with Crippen molar-refractivity contribution in [3.8, 4) is 0 Å². The number of benzene rings is 1. The molecule has 3 fully saturated rings. The molecule has 0 unspecified atom stereocenters. The van der Waals surface area contributed by atoms with Gasteiger partial charge >= 0.3 is 0 Å². The van der Waals surface area contributed by atoms with Gasteiger partial charge in [0.1, 0.15) is 0 Å². The van der Waals surface area contributed by atoms with Gasteiger partial charge in [0.25, 0.3) is 5.91 Å². The molecule has 3 aliphatic heterocycles. The molecule has 2 N–H and O–H groups in total. The Hall–Kier alpha value is -0.520. The maximum atomic E-state index is 12.6. The number of hydrogen-bond acceptors (Lipinski definition) is 3. The molecule has 1 aromatic rings. The van der Waals surface area contributed by atoms with E-state index in [0.717, 1.165) is 24.6 Å². The molecule has 3 aliphatic rings. The van der Waals surface area contributed by atoms with E-state index in [4.69, 9.17) is 11.6 Å². The Kier molecular flexibility index (Phi) is 8.26. The van der Waals surface area contributed by atoms with Gasteiger partial charge in [-0.15, -0.1) is 24.8 Å². The van der Waals surface area contributed by atoms with Crippen molar-refractivity contribution in [3.05, 3.63) is 34.3 Å². The molecule has 1 aromatic carbocycles. The van der Waals surface area contributed by atoms with Crippen LogP contribution in [-0.2, 0) is 0 Å². The SMILES string of the molecule is Cc1ccc(C(=O)NC[C@H]2[C@@H]3CNC[C@@H](C3)[C@@H]3CCCCN32)cc1Cl.Cl.Cl. The van der Waals surface area contributed by atoms with Crippen LogP contribution in [0, 0.1) is 18.8 Å². The van der Waals surface area contributed by atoms with E-state index in [-0.39, 0.29) is 30.7 Å². The average molecular weight is 435 g/mol. The highest BCUT2D eigenvalue weighted by Gasteiger charge is 2.45. The third-order valence-corrected chi connectivity index (χ3v) is 6.84. The number of carbonyl (C=O) groups is 1. The fourth-order valence-corrected chi connectivity index (χ4v) is 5.26. The van der Waals surface area contributed by atoms with Gasteiger partial charge in [-0.3, -0.25) is 9.69 Å². The number of fused-ring (bicyclic) bond motifs is 4. The van der Waals surface area contributed by atoms with Gasteiger partial charge in [0.05, 0.1) is 0 Å². The maximum absolute atomic E-state index is 12.6. The molecule has 4 rings (SSSR count). The van der Waals surface area contributed by atoms with Gasteiger partial charge in [0, 0.05) is 29.2 Å². The van der Waals surface area contributed by atoms with Gasteiger partial charge in [-0.1, -0.05) is 24.1 Å². The van der Waals surface area contributed by atoms with Crippen LogP contribution < -0.4 is 10.6 Å². The zero-order valence-electron chi connectivity index (χ0n) is 15.7. The van der Waals surface area contributed by atoms with Crippen molar-refractivity contribution >= 4 is 42.3 Å². The highest BCUT2D eigenvalue weighted by atomic mass is 35.5. The second kappa shape index (κ2) is 9.80. The summed E-state index contributed by atoms with van der Waals surface area (Å²) in [7, 11) is 0. The lowest BCUT2D eigenvalue weighted by atomic mass is 9.73. The lowest BCUT2D eigenvalue weighted by molar-refractivity contribution is -0.0371. The number of aryl methyl sites for hydroxylation is 1. The van der Waals surface area contributed by atoms with Crippen molar-refractivity contribution in [1.82, 2.24) is 15.5 Å². The number of nitrogens with one attached hydrogen (secondary N) is 2. The van der Waals surface area contributed by atoms with E-state index in [1.165, 1.54) is 38.8 Å². The Balaban J connectivity index is 0.00000131. The molecular formula is C20H30Cl3N3O. The van der Waals surface area contributed by atoms with Crippen LogP contribution in [0.4, 0.5) is 0 Å². The van der Waals surface area contributed by atoms with Gasteiger partial charge < -0.3 is 10.6 Å². The van der Waals surface area contributed by atoms with E-state index >= 15 is 0 Å². The lowest BCUT2D eigenvalue weighted by Crippen LogP contribution is -2.65. The lowest BCUT2D eigenvalue weighted by Gasteiger charge is -2.55. The van der Waals surface area contributed by atoms with Gasteiger partial charge in [0.2, 0.25) is 0 Å². The summed E-state index contributed by atoms with van der Waals surface area (Å²) in [5, 5.41) is 7.46. The molecular weight excluding hydrogens is 405 g/mol. The second-order valence-corrected chi connectivity index (χ2v) is 8.36. The molecule has 1 amide bonds. The summed E-state index contributed by atoms with van der Waals surface area (Å²) in [4.78, 5) is 15.3. The number of rotatable bonds is 3. The smallest absolute Gasteiger partial charge is 0.251 e. The average Bonchev–Trinajstić information content (AvgIpc) is 2.64. The van der Waals surface area contributed by atoms with Crippen LogP contribution in [-0.4, -0.2) is 49.1 Å². The minimum absolute atomic E-state index is 0. The molecule has 4 atom stereocenters. The number of carbonyl (C=O) groups excluding carboxylic acids is 1. The van der Waals surface area contributed by atoms with Crippen molar-refractivity contribution in [3.63, 3.8) is 0 Å². The summed E-state index contributed by atoms with van der Waals surface area (Å²) in [5.41, 5.74) is 1.65. The first-order valence-corrected chi connectivity index (χ1v) is 10.0. The normalized spacial score (nSPS) is 29.7. The van der Waals surface area contributed by atoms with Crippen LogP contribution in [0.3, 0.4) is 0 Å². The van der Waals surface area contributed by atoms with Crippen LogP contribution in [0.1, 0.15) is 41.6 Å². The second-order valence-electron chi connectivity index (χ2n) is 7.96. The molecule has 0 aromatic heterocycles. The Morgan fingerprint density at radius 1 is 1.26 bits per heavy atom. The summed E-state index contributed by atoms with van der Waals surface area (Å²) in [5.74, 6) is 1.43. The number of amides is 1. The molecule has 3 saturated heterocycles. The molecule has 4 nitrogen and oxygen atoms in total. The molecule has 7 heteroatoms. The zero-order chi connectivity index (χ0) is 17.4. The van der Waals surface area contributed by atoms with Gasteiger partial charge in [-0.05, 0) is 75.4 Å². The summed E-state index contributed by atoms with van der Waals surface area (Å²) in [6, 6.07) is 6.70. The van der Waals surface area contributed by atoms with Crippen LogP contribution in [0.5, 0.6) is 0 Å². The monoisotopic (exact) mass is 433 g/mol. The summed E-state index contributed by atoms with van der Waals surface area (Å²) in [6.45, 7) is 6.12. The zero-order valence-corrected chi connectivity index (χ0v) is 18.1. The van der Waals surface area contributed by atoms with E-state index in [1.54, 1.807) is 6.07 Å². The summed E-state index contributed by atoms with van der Waals surface area (Å²) < 4.78 is 0. The van der Waals surface area contributed by atoms with Crippen molar-refractivity contribution in [2.45, 2.75) is 44.7 Å². The predicted octanol–water partition coefficient (Wildman–Crippen LogP) is 3.68. The predicted molar refractivity (Wildman–Crippen MR) is 116 cm³/mol. The molecule has 3 heterocycles. The molecule has 0 spiro atoms. The van der Waals surface area contributed by atoms with Crippen molar-refractivity contribution in [2.24, 2.45) is 11.8 Å². The van der Waals surface area contributed by atoms with E-state index in [9.17, 15) is 4.79 Å². The first-order chi connectivity index (χ1) is 12.1. The maximum Gasteiger partial charge on any atom is 0.251 e. The van der Waals surface area contributed by atoms with Crippen molar-refractivity contribution in [1.29, 1.82) is 0 Å². The highest BCUT2D eigenvalue weighted by Crippen LogP contribution is 2.38. The summed E-state index contributed by atoms with van der Waals surface area (Å²) >= 11 is 6.17. The van der Waals surface area contributed by atoms with Crippen LogP contribution in [0.2, 0.25) is 5.02 Å². The third-order valence-electron chi connectivity index (χ3n) is 6.43. The number of hydrogen-bond donors (Lipinski definition) is 2. The molecule has 0 saturated carbocycles. The Bertz CT molecular complexity index is 657. The highest BCUT2D eigenvalue weighted by molar-refractivity contribution is 6.31. The fourth-order valence-electron chi connectivity index (χ4n) is 5.08. The molecule has 152 valence electrons. The third kappa shape index (κ3) is 4.73. The first-order valence-electron chi connectivity index (χ1n) is 9.64. The quantitative estimate of drug-likeness (QED) is 0.762. The first kappa shape index (κ1) is 22.8. The number of halogens is 3. The van der Waals surface area contributed by atoms with E-state index in [0.29, 0.717) is 28.6 Å². The van der Waals surface area contributed by atoms with Crippen molar-refractivity contribution < 1.29 is 4.79 Å². The van der Waals surface area contributed by atoms with Gasteiger partial charge in [0.15, 0.2) is 0 Å². The number of nitrogens with zero attached hydrogens (tertiary/aromatic N) is 1. The largest absolute Gasteiger partial charge is 0.350 e. The van der Waals surface area contributed by atoms with Crippen LogP contribution in [0.15, 0.2) is 18.2 Å². The summed E-state index contributed by atoms with van der Waals surface area (Å²) in [6.07, 6.45) is 5.27. The van der Waals surface area contributed by atoms with Crippen LogP contribution >= 0.6 is 36.4 Å². The van der Waals surface area contributed by atoms with E-state index < -0.39 is 0 Å². The minimum Gasteiger partial charge on any atom is -0.350 e. The topological polar surface area (TPSA) is 44.4 Å². The Morgan fingerprint density at radius 2 is 2.04 bits per heavy atom. The number of piperidine rings is 3. The van der Waals surface area contributed by atoms with E-state index in [2.05, 4.69) is 15.5 Å². The Labute approximate surface area is 179 Å². The molecule has 2 bridgehead atoms.